The first-order chi connectivity index (χ1) is 6.72. The number of hydrogen-bond donors (Lipinski definition) is 3. The SMILES string of the molecule is N#CCc1nc(NN)nc(N)c1C#N. The van der Waals surface area contributed by atoms with Crippen LogP contribution in [0, 0.1) is 22.7 Å². The smallest absolute Gasteiger partial charge is 0.239 e. The third kappa shape index (κ3) is 1.68. The molecule has 0 bridgehead atoms. The van der Waals surface area contributed by atoms with Crippen molar-refractivity contribution in [1.29, 1.82) is 10.5 Å². The van der Waals surface area contributed by atoms with E-state index in [9.17, 15) is 0 Å². The van der Waals surface area contributed by atoms with Crippen LogP contribution < -0.4 is 17.0 Å². The molecule has 0 saturated carbocycles. The number of nitrogens with zero attached hydrogens (tertiary/aromatic N) is 4. The van der Waals surface area contributed by atoms with E-state index in [2.05, 4.69) is 15.4 Å². The van der Waals surface area contributed by atoms with Gasteiger partial charge in [-0.15, -0.1) is 0 Å². The molecule has 1 aromatic rings. The zero-order chi connectivity index (χ0) is 10.6. The molecule has 7 heteroatoms. The number of aromatic nitrogens is 2. The van der Waals surface area contributed by atoms with Gasteiger partial charge in [0.2, 0.25) is 5.95 Å². The molecule has 0 saturated heterocycles. The fourth-order valence-electron chi connectivity index (χ4n) is 0.916. The lowest BCUT2D eigenvalue weighted by molar-refractivity contribution is 1.03. The van der Waals surface area contributed by atoms with Crippen LogP contribution in [0.15, 0.2) is 0 Å². The molecule has 0 radical (unpaired) electrons. The third-order valence-electron chi connectivity index (χ3n) is 1.50. The van der Waals surface area contributed by atoms with Crippen molar-refractivity contribution in [3.05, 3.63) is 11.3 Å². The Morgan fingerprint density at radius 1 is 1.36 bits per heavy atom. The standard InChI is InChI=1S/C7H7N7/c8-2-1-5-4(3-9)6(10)13-7(12-5)14-11/h1,11H2,(H3,10,12,13,14). The Bertz CT molecular complexity index is 425. The first-order valence-corrected chi connectivity index (χ1v) is 3.63. The second-order valence-corrected chi connectivity index (χ2v) is 2.35. The van der Waals surface area contributed by atoms with Gasteiger partial charge in [0, 0.05) is 0 Å². The molecule has 1 heterocycles. The van der Waals surface area contributed by atoms with Gasteiger partial charge >= 0.3 is 0 Å². The topological polar surface area (TPSA) is 137 Å². The van der Waals surface area contributed by atoms with E-state index < -0.39 is 0 Å². The van der Waals surface area contributed by atoms with Gasteiger partial charge in [0.25, 0.3) is 0 Å². The first-order valence-electron chi connectivity index (χ1n) is 3.63. The maximum atomic E-state index is 8.72. The lowest BCUT2D eigenvalue weighted by atomic mass is 10.2. The Morgan fingerprint density at radius 3 is 2.57 bits per heavy atom. The van der Waals surface area contributed by atoms with Crippen molar-refractivity contribution >= 4 is 11.8 Å². The summed E-state index contributed by atoms with van der Waals surface area (Å²) in [6.45, 7) is 0. The zero-order valence-corrected chi connectivity index (χ0v) is 7.15. The van der Waals surface area contributed by atoms with Crippen molar-refractivity contribution in [3.63, 3.8) is 0 Å². The highest BCUT2D eigenvalue weighted by atomic mass is 15.3. The van der Waals surface area contributed by atoms with Crippen LogP contribution in [0.25, 0.3) is 0 Å². The fourth-order valence-corrected chi connectivity index (χ4v) is 0.916. The summed E-state index contributed by atoms with van der Waals surface area (Å²) >= 11 is 0. The summed E-state index contributed by atoms with van der Waals surface area (Å²) in [6, 6.07) is 3.70. The molecule has 1 rings (SSSR count). The van der Waals surface area contributed by atoms with Crippen molar-refractivity contribution in [2.75, 3.05) is 11.2 Å². The molecular formula is C7H7N7. The van der Waals surface area contributed by atoms with Crippen molar-refractivity contribution < 1.29 is 0 Å². The summed E-state index contributed by atoms with van der Waals surface area (Å²) in [5.41, 5.74) is 8.05. The average Bonchev–Trinajstić information content (AvgIpc) is 2.18. The predicted molar refractivity (Wildman–Crippen MR) is 48.3 cm³/mol. The van der Waals surface area contributed by atoms with Gasteiger partial charge in [-0.1, -0.05) is 0 Å². The maximum Gasteiger partial charge on any atom is 0.239 e. The number of nitrogens with two attached hydrogens (primary N) is 2. The van der Waals surface area contributed by atoms with Crippen molar-refractivity contribution in [1.82, 2.24) is 9.97 Å². The molecule has 0 spiro atoms. The van der Waals surface area contributed by atoms with Gasteiger partial charge in [-0.05, 0) is 0 Å². The summed E-state index contributed by atoms with van der Waals surface area (Å²) in [5.74, 6) is 5.18. The van der Waals surface area contributed by atoms with E-state index >= 15 is 0 Å². The Labute approximate surface area is 80.0 Å². The summed E-state index contributed by atoms with van der Waals surface area (Å²) in [6.07, 6.45) is -0.00963. The van der Waals surface area contributed by atoms with Gasteiger partial charge in [0.15, 0.2) is 0 Å². The monoisotopic (exact) mass is 189 g/mol. The van der Waals surface area contributed by atoms with Crippen molar-refractivity contribution in [2.45, 2.75) is 6.42 Å². The second kappa shape index (κ2) is 4.03. The largest absolute Gasteiger partial charge is 0.382 e. The lowest BCUT2D eigenvalue weighted by Crippen LogP contribution is -2.14. The van der Waals surface area contributed by atoms with Crippen LogP contribution in [0.4, 0.5) is 11.8 Å². The van der Waals surface area contributed by atoms with E-state index in [1.165, 1.54) is 0 Å². The maximum absolute atomic E-state index is 8.72. The Balaban J connectivity index is 3.31. The molecule has 0 aliphatic rings. The Hall–Kier alpha value is -2.38. The summed E-state index contributed by atoms with van der Waals surface area (Å²) in [4.78, 5) is 7.54. The molecule has 0 aliphatic heterocycles. The Morgan fingerprint density at radius 2 is 2.07 bits per heavy atom. The van der Waals surface area contributed by atoms with E-state index in [4.69, 9.17) is 22.1 Å². The van der Waals surface area contributed by atoms with Crippen LogP contribution in [0.3, 0.4) is 0 Å². The molecule has 0 unspecified atom stereocenters. The minimum atomic E-state index is -0.00963. The van der Waals surface area contributed by atoms with E-state index in [-0.39, 0.29) is 29.4 Å². The van der Waals surface area contributed by atoms with Gasteiger partial charge in [0.05, 0.1) is 18.2 Å². The average molecular weight is 189 g/mol. The van der Waals surface area contributed by atoms with Crippen molar-refractivity contribution in [3.8, 4) is 12.1 Å². The van der Waals surface area contributed by atoms with E-state index in [1.807, 2.05) is 12.1 Å². The molecule has 0 aliphatic carbocycles. The van der Waals surface area contributed by atoms with Crippen LogP contribution in [0.1, 0.15) is 11.3 Å². The highest BCUT2D eigenvalue weighted by molar-refractivity contribution is 5.54. The van der Waals surface area contributed by atoms with Gasteiger partial charge in [-0.3, -0.25) is 5.43 Å². The van der Waals surface area contributed by atoms with Gasteiger partial charge < -0.3 is 5.73 Å². The molecule has 0 atom stereocenters. The number of hydrazine groups is 1. The van der Waals surface area contributed by atoms with Crippen LogP contribution in [0.2, 0.25) is 0 Å². The van der Waals surface area contributed by atoms with Crippen LogP contribution in [-0.2, 0) is 6.42 Å². The van der Waals surface area contributed by atoms with Crippen LogP contribution >= 0.6 is 0 Å². The zero-order valence-electron chi connectivity index (χ0n) is 7.15. The molecule has 0 aromatic carbocycles. The number of nitrogen functional groups attached to an aromatic ring is 2. The summed E-state index contributed by atoms with van der Waals surface area (Å²) in [5, 5.41) is 17.2. The van der Waals surface area contributed by atoms with E-state index in [0.717, 1.165) is 0 Å². The Kier molecular flexibility index (Phi) is 2.79. The third-order valence-corrected chi connectivity index (χ3v) is 1.50. The molecule has 1 aromatic heterocycles. The van der Waals surface area contributed by atoms with E-state index in [1.54, 1.807) is 0 Å². The number of anilines is 2. The highest BCUT2D eigenvalue weighted by Crippen LogP contribution is 2.14. The molecule has 7 nitrogen and oxygen atoms in total. The second-order valence-electron chi connectivity index (χ2n) is 2.35. The number of nitriles is 2. The summed E-state index contributed by atoms with van der Waals surface area (Å²) < 4.78 is 0. The normalized spacial score (nSPS) is 8.79. The summed E-state index contributed by atoms with van der Waals surface area (Å²) in [7, 11) is 0. The van der Waals surface area contributed by atoms with Crippen molar-refractivity contribution in [2.24, 2.45) is 5.84 Å². The fraction of sp³-hybridized carbons (Fsp3) is 0.143. The quantitative estimate of drug-likeness (QED) is 0.412. The van der Waals surface area contributed by atoms with Crippen LogP contribution in [-0.4, -0.2) is 9.97 Å². The predicted octanol–water partition coefficient (Wildman–Crippen LogP) is -0.718. The molecule has 14 heavy (non-hydrogen) atoms. The molecule has 0 fully saturated rings. The van der Waals surface area contributed by atoms with Gasteiger partial charge in [0.1, 0.15) is 17.5 Å². The van der Waals surface area contributed by atoms with E-state index in [0.29, 0.717) is 0 Å². The number of rotatable bonds is 2. The van der Waals surface area contributed by atoms with Gasteiger partial charge in [-0.25, -0.2) is 10.8 Å². The lowest BCUT2D eigenvalue weighted by Gasteiger charge is -2.04. The molecular weight excluding hydrogens is 182 g/mol. The minimum absolute atomic E-state index is 0.00963. The molecule has 70 valence electrons. The number of nitrogens with one attached hydrogen (secondary N) is 1. The highest BCUT2D eigenvalue weighted by Gasteiger charge is 2.10. The molecule has 5 N–H and O–H groups in total. The minimum Gasteiger partial charge on any atom is -0.382 e. The van der Waals surface area contributed by atoms with Crippen LogP contribution in [0.5, 0.6) is 0 Å². The number of hydrogen-bond acceptors (Lipinski definition) is 7. The van der Waals surface area contributed by atoms with Gasteiger partial charge in [-0.2, -0.15) is 15.5 Å². The molecule has 0 amide bonds. The first kappa shape index (κ1) is 9.71.